The van der Waals surface area contributed by atoms with E-state index in [2.05, 4.69) is 19.2 Å². The molecule has 1 saturated heterocycles. The molecule has 1 aromatic rings. The lowest BCUT2D eigenvalue weighted by atomic mass is 9.78. The molecular weight excluding hydrogens is 336 g/mol. The molecule has 0 radical (unpaired) electrons. The predicted molar refractivity (Wildman–Crippen MR) is 97.9 cm³/mol. The molecular formula is C19H28N2O3S. The van der Waals surface area contributed by atoms with Crippen molar-refractivity contribution in [3.8, 4) is 0 Å². The maximum Gasteiger partial charge on any atom is 0.251 e. The first-order valence-electron chi connectivity index (χ1n) is 9.30. The summed E-state index contributed by atoms with van der Waals surface area (Å²) in [6, 6.07) is 6.54. The molecule has 138 valence electrons. The second-order valence-corrected chi connectivity index (χ2v) is 9.42. The van der Waals surface area contributed by atoms with E-state index in [9.17, 15) is 13.2 Å². The zero-order chi connectivity index (χ0) is 18.0. The first-order chi connectivity index (χ1) is 11.9. The van der Waals surface area contributed by atoms with Crippen molar-refractivity contribution in [1.82, 2.24) is 9.62 Å². The van der Waals surface area contributed by atoms with Gasteiger partial charge >= 0.3 is 0 Å². The summed E-state index contributed by atoms with van der Waals surface area (Å²) in [5.74, 6) is 0.968. The van der Waals surface area contributed by atoms with Crippen LogP contribution in [0.15, 0.2) is 29.2 Å². The van der Waals surface area contributed by atoms with Gasteiger partial charge in [-0.2, -0.15) is 4.31 Å². The summed E-state index contributed by atoms with van der Waals surface area (Å²) in [6.07, 6.45) is 5.20. The van der Waals surface area contributed by atoms with Crippen LogP contribution in [0.2, 0.25) is 0 Å². The Morgan fingerprint density at radius 1 is 1.04 bits per heavy atom. The van der Waals surface area contributed by atoms with Gasteiger partial charge in [0, 0.05) is 24.7 Å². The van der Waals surface area contributed by atoms with Gasteiger partial charge in [-0.3, -0.25) is 4.79 Å². The number of amides is 1. The van der Waals surface area contributed by atoms with Crippen LogP contribution in [0, 0.1) is 11.8 Å². The summed E-state index contributed by atoms with van der Waals surface area (Å²) in [5, 5.41) is 3.13. The van der Waals surface area contributed by atoms with E-state index >= 15 is 0 Å². The number of hydrogen-bond donors (Lipinski definition) is 1. The van der Waals surface area contributed by atoms with Gasteiger partial charge in [-0.25, -0.2) is 8.42 Å². The molecule has 2 fully saturated rings. The number of carbonyl (C=O) groups is 1. The van der Waals surface area contributed by atoms with Gasteiger partial charge in [-0.05, 0) is 55.4 Å². The number of carbonyl (C=O) groups excluding carboxylic acids is 1. The molecule has 1 aliphatic heterocycles. The molecule has 0 spiro atoms. The van der Waals surface area contributed by atoms with Gasteiger partial charge in [0.1, 0.15) is 0 Å². The summed E-state index contributed by atoms with van der Waals surface area (Å²) in [7, 11) is -3.42. The Bertz CT molecular complexity index is 709. The van der Waals surface area contributed by atoms with E-state index in [-0.39, 0.29) is 16.8 Å². The quantitative estimate of drug-likeness (QED) is 0.893. The van der Waals surface area contributed by atoms with Crippen molar-refractivity contribution in [2.45, 2.75) is 56.9 Å². The Hall–Kier alpha value is -1.40. The van der Waals surface area contributed by atoms with Crippen LogP contribution in [0.5, 0.6) is 0 Å². The molecule has 0 bridgehead atoms. The fourth-order valence-corrected chi connectivity index (χ4v) is 5.41. The summed E-state index contributed by atoms with van der Waals surface area (Å²) >= 11 is 0. The minimum Gasteiger partial charge on any atom is -0.349 e. The van der Waals surface area contributed by atoms with Crippen LogP contribution >= 0.6 is 0 Å². The number of nitrogens with zero attached hydrogens (tertiary/aromatic N) is 1. The monoisotopic (exact) mass is 364 g/mol. The molecule has 1 aromatic carbocycles. The fraction of sp³-hybridized carbons (Fsp3) is 0.632. The molecule has 6 heteroatoms. The van der Waals surface area contributed by atoms with Crippen molar-refractivity contribution in [1.29, 1.82) is 0 Å². The molecule has 3 atom stereocenters. The zero-order valence-corrected chi connectivity index (χ0v) is 15.9. The highest BCUT2D eigenvalue weighted by atomic mass is 32.2. The van der Waals surface area contributed by atoms with E-state index in [4.69, 9.17) is 0 Å². The normalized spacial score (nSPS) is 28.0. The van der Waals surface area contributed by atoms with Crippen molar-refractivity contribution in [2.75, 3.05) is 13.1 Å². The number of rotatable bonds is 4. The van der Waals surface area contributed by atoms with Crippen LogP contribution in [-0.4, -0.2) is 37.8 Å². The van der Waals surface area contributed by atoms with E-state index in [0.717, 1.165) is 25.7 Å². The summed E-state index contributed by atoms with van der Waals surface area (Å²) in [4.78, 5) is 12.8. The van der Waals surface area contributed by atoms with Gasteiger partial charge in [0.15, 0.2) is 0 Å². The van der Waals surface area contributed by atoms with E-state index in [1.54, 1.807) is 24.3 Å². The molecule has 0 unspecified atom stereocenters. The third-order valence-electron chi connectivity index (χ3n) is 5.84. The van der Waals surface area contributed by atoms with Crippen LogP contribution in [0.1, 0.15) is 56.3 Å². The molecule has 1 amide bonds. The van der Waals surface area contributed by atoms with Gasteiger partial charge in [-0.1, -0.05) is 26.7 Å². The summed E-state index contributed by atoms with van der Waals surface area (Å²) < 4.78 is 26.6. The number of hydrogen-bond acceptors (Lipinski definition) is 3. The third kappa shape index (κ3) is 3.90. The standard InChI is InChI=1S/C19H28N2O3S/c1-14-6-5-7-18(15(14)2)20-19(22)16-8-10-17(11-9-16)25(23,24)21-12-3-4-13-21/h8-11,14-15,18H,3-7,12-13H2,1-2H3,(H,20,22)/t14-,15+,18-/m1/s1. The molecule has 2 aliphatic rings. The molecule has 25 heavy (non-hydrogen) atoms. The van der Waals surface area contributed by atoms with E-state index < -0.39 is 10.0 Å². The largest absolute Gasteiger partial charge is 0.349 e. The van der Waals surface area contributed by atoms with Gasteiger partial charge < -0.3 is 5.32 Å². The van der Waals surface area contributed by atoms with Gasteiger partial charge in [0.25, 0.3) is 5.91 Å². The average Bonchev–Trinajstić information content (AvgIpc) is 3.14. The molecule has 1 heterocycles. The van der Waals surface area contributed by atoms with Gasteiger partial charge in [0.2, 0.25) is 10.0 Å². The Morgan fingerprint density at radius 2 is 1.68 bits per heavy atom. The molecule has 5 nitrogen and oxygen atoms in total. The number of sulfonamides is 1. The highest BCUT2D eigenvalue weighted by Gasteiger charge is 2.29. The third-order valence-corrected chi connectivity index (χ3v) is 7.76. The van der Waals surface area contributed by atoms with Crippen molar-refractivity contribution in [3.05, 3.63) is 29.8 Å². The fourth-order valence-electron chi connectivity index (χ4n) is 3.89. The molecule has 3 rings (SSSR count). The van der Waals surface area contributed by atoms with Crippen molar-refractivity contribution >= 4 is 15.9 Å². The van der Waals surface area contributed by atoms with E-state index in [1.807, 2.05) is 0 Å². The topological polar surface area (TPSA) is 66.5 Å². The Labute approximate surface area is 150 Å². The Balaban J connectivity index is 1.68. The minimum absolute atomic E-state index is 0.115. The molecule has 1 saturated carbocycles. The molecule has 0 aromatic heterocycles. The Morgan fingerprint density at radius 3 is 2.32 bits per heavy atom. The second kappa shape index (κ2) is 7.46. The maximum atomic E-state index is 12.5. The lowest BCUT2D eigenvalue weighted by Crippen LogP contribution is -2.43. The Kier molecular flexibility index (Phi) is 5.49. The first-order valence-corrected chi connectivity index (χ1v) is 10.7. The van der Waals surface area contributed by atoms with Crippen molar-refractivity contribution in [3.63, 3.8) is 0 Å². The molecule has 1 aliphatic carbocycles. The van der Waals surface area contributed by atoms with Crippen molar-refractivity contribution in [2.24, 2.45) is 11.8 Å². The lowest BCUT2D eigenvalue weighted by Gasteiger charge is -2.34. The smallest absolute Gasteiger partial charge is 0.251 e. The van der Waals surface area contributed by atoms with Crippen molar-refractivity contribution < 1.29 is 13.2 Å². The lowest BCUT2D eigenvalue weighted by molar-refractivity contribution is 0.0891. The first kappa shape index (κ1) is 18.4. The maximum absolute atomic E-state index is 12.5. The molecule has 1 N–H and O–H groups in total. The number of benzene rings is 1. The van der Waals surface area contributed by atoms with Gasteiger partial charge in [0.05, 0.1) is 4.90 Å². The number of nitrogens with one attached hydrogen (secondary N) is 1. The van der Waals surface area contributed by atoms with E-state index in [0.29, 0.717) is 30.5 Å². The van der Waals surface area contributed by atoms with Crippen LogP contribution < -0.4 is 5.32 Å². The van der Waals surface area contributed by atoms with Crippen LogP contribution in [0.4, 0.5) is 0 Å². The predicted octanol–water partition coefficient (Wildman–Crippen LogP) is 3.03. The van der Waals surface area contributed by atoms with E-state index in [1.165, 1.54) is 10.7 Å². The second-order valence-electron chi connectivity index (χ2n) is 7.48. The highest BCUT2D eigenvalue weighted by Crippen LogP contribution is 2.29. The van der Waals surface area contributed by atoms with Crippen LogP contribution in [0.25, 0.3) is 0 Å². The minimum atomic E-state index is -3.42. The average molecular weight is 365 g/mol. The SMILES string of the molecule is C[C@H]1[C@H](C)CCC[C@H]1NC(=O)c1ccc(S(=O)(=O)N2CCCC2)cc1. The summed E-state index contributed by atoms with van der Waals surface area (Å²) in [5.41, 5.74) is 0.519. The van der Waals surface area contributed by atoms with Gasteiger partial charge in [-0.15, -0.1) is 0 Å². The van der Waals surface area contributed by atoms with Crippen LogP contribution in [0.3, 0.4) is 0 Å². The highest BCUT2D eigenvalue weighted by molar-refractivity contribution is 7.89. The zero-order valence-electron chi connectivity index (χ0n) is 15.1. The van der Waals surface area contributed by atoms with Crippen LogP contribution in [-0.2, 0) is 10.0 Å². The summed E-state index contributed by atoms with van der Waals surface area (Å²) in [6.45, 7) is 5.60.